The molecule has 0 aliphatic carbocycles. The van der Waals surface area contributed by atoms with Crippen LogP contribution in [0.25, 0.3) is 10.9 Å². The van der Waals surface area contributed by atoms with Crippen LogP contribution in [0.3, 0.4) is 0 Å². The van der Waals surface area contributed by atoms with Crippen molar-refractivity contribution < 1.29 is 19.5 Å². The molecule has 230 valence electrons. The van der Waals surface area contributed by atoms with Gasteiger partial charge in [0.25, 0.3) is 5.91 Å². The highest BCUT2D eigenvalue weighted by atomic mass is 16.5. The molecule has 4 aromatic rings. The number of rotatable bonds is 20. The van der Waals surface area contributed by atoms with E-state index in [0.717, 1.165) is 41.5 Å². The van der Waals surface area contributed by atoms with E-state index in [0.29, 0.717) is 69.5 Å². The average Bonchev–Trinajstić information content (AvgIpc) is 3.48. The van der Waals surface area contributed by atoms with Gasteiger partial charge >= 0.3 is 0 Å². The lowest BCUT2D eigenvalue weighted by molar-refractivity contribution is 0.0400. The third-order valence-corrected chi connectivity index (χ3v) is 6.31. The number of amides is 1. The van der Waals surface area contributed by atoms with Crippen molar-refractivity contribution in [3.63, 3.8) is 0 Å². The summed E-state index contributed by atoms with van der Waals surface area (Å²) < 4.78 is 10.9. The number of carbonyl (C=O) groups excluding carboxylic acids is 1. The first kappa shape index (κ1) is 31.6. The molecule has 2 heterocycles. The minimum Gasteiger partial charge on any atom is -0.378 e. The summed E-state index contributed by atoms with van der Waals surface area (Å²) in [7, 11) is 0. The highest BCUT2D eigenvalue weighted by Crippen LogP contribution is 2.22. The number of nitrogens with one attached hydrogen (secondary N) is 6. The van der Waals surface area contributed by atoms with Gasteiger partial charge in [0.2, 0.25) is 17.8 Å². The zero-order valence-electron chi connectivity index (χ0n) is 24.4. The number of unbranched alkanes of at least 4 members (excludes halogenated alkanes) is 3. The van der Waals surface area contributed by atoms with Gasteiger partial charge in [0, 0.05) is 42.0 Å². The third kappa shape index (κ3) is 10.8. The Morgan fingerprint density at radius 2 is 1.51 bits per heavy atom. The number of benzene rings is 2. The van der Waals surface area contributed by atoms with Crippen molar-refractivity contribution in [1.82, 2.24) is 35.9 Å². The molecule has 0 saturated heterocycles. The molecule has 0 saturated carbocycles. The normalized spacial score (nSPS) is 11.0. The van der Waals surface area contributed by atoms with Gasteiger partial charge in [0.15, 0.2) is 0 Å². The number of aromatic amines is 1. The molecule has 0 atom stereocenters. The summed E-state index contributed by atoms with van der Waals surface area (Å²) in [5.74, 6) is 0.933. The number of anilines is 5. The standard InChI is InChI=1S/C29H40N10O4/c1-2-3-4-5-12-30-26(40)21-6-8-23(9-7-21)34-28-36-27(31-13-15-42-17-18-43-16-14-33-41)37-29(38-28)35-24-10-11-25-22(19-24)20-32-39-25/h6-11,19-20,33,41H,2-5,12-18H2,1H3,(H,30,40)(H,32,39)(H3,31,34,35,36,37,38). The summed E-state index contributed by atoms with van der Waals surface area (Å²) in [4.78, 5) is 26.1. The van der Waals surface area contributed by atoms with Gasteiger partial charge in [0.1, 0.15) is 0 Å². The molecule has 0 aliphatic rings. The fourth-order valence-corrected chi connectivity index (χ4v) is 4.08. The van der Waals surface area contributed by atoms with Crippen molar-refractivity contribution in [2.24, 2.45) is 0 Å². The minimum absolute atomic E-state index is 0.0910. The lowest BCUT2D eigenvalue weighted by Gasteiger charge is -2.12. The molecule has 7 N–H and O–H groups in total. The van der Waals surface area contributed by atoms with E-state index >= 15 is 0 Å². The lowest BCUT2D eigenvalue weighted by atomic mass is 10.2. The lowest BCUT2D eigenvalue weighted by Crippen LogP contribution is -2.24. The number of carbonyl (C=O) groups is 1. The molecule has 0 unspecified atom stereocenters. The van der Waals surface area contributed by atoms with E-state index in [1.807, 2.05) is 35.8 Å². The maximum Gasteiger partial charge on any atom is 0.251 e. The Hall–Kier alpha value is -4.37. The molecular weight excluding hydrogens is 552 g/mol. The molecule has 43 heavy (non-hydrogen) atoms. The van der Waals surface area contributed by atoms with Crippen LogP contribution in [-0.4, -0.2) is 82.3 Å². The maximum atomic E-state index is 12.5. The largest absolute Gasteiger partial charge is 0.378 e. The highest BCUT2D eigenvalue weighted by Gasteiger charge is 2.10. The summed E-state index contributed by atoms with van der Waals surface area (Å²) in [6.45, 7) is 5.33. The predicted octanol–water partition coefficient (Wildman–Crippen LogP) is 3.97. The second-order valence-electron chi connectivity index (χ2n) is 9.68. The van der Waals surface area contributed by atoms with Crippen molar-refractivity contribution in [3.8, 4) is 0 Å². The average molecular weight is 593 g/mol. The Labute approximate surface area is 250 Å². The summed E-state index contributed by atoms with van der Waals surface area (Å²) in [5.41, 5.74) is 5.07. The number of H-pyrrole nitrogens is 1. The number of nitrogens with zero attached hydrogens (tertiary/aromatic N) is 4. The first-order chi connectivity index (χ1) is 21.1. The van der Waals surface area contributed by atoms with Crippen LogP contribution < -0.4 is 26.7 Å². The molecule has 0 radical (unpaired) electrons. The number of aromatic nitrogens is 5. The number of hydroxylamine groups is 1. The number of ether oxygens (including phenoxy) is 2. The summed E-state index contributed by atoms with van der Waals surface area (Å²) in [6.07, 6.45) is 6.18. The van der Waals surface area contributed by atoms with E-state index < -0.39 is 0 Å². The fraction of sp³-hybridized carbons (Fsp3) is 0.414. The van der Waals surface area contributed by atoms with Crippen molar-refractivity contribution in [3.05, 3.63) is 54.2 Å². The van der Waals surface area contributed by atoms with Crippen LogP contribution in [0, 0.1) is 0 Å². The number of hydrogen-bond donors (Lipinski definition) is 7. The Morgan fingerprint density at radius 1 is 0.814 bits per heavy atom. The minimum atomic E-state index is -0.0910. The van der Waals surface area contributed by atoms with E-state index in [4.69, 9.17) is 14.7 Å². The maximum absolute atomic E-state index is 12.5. The Kier molecular flexibility index (Phi) is 12.9. The van der Waals surface area contributed by atoms with E-state index in [1.165, 1.54) is 6.42 Å². The van der Waals surface area contributed by atoms with Crippen LogP contribution >= 0.6 is 0 Å². The molecule has 1 amide bonds. The Morgan fingerprint density at radius 3 is 2.26 bits per heavy atom. The van der Waals surface area contributed by atoms with Gasteiger partial charge in [-0.1, -0.05) is 26.2 Å². The van der Waals surface area contributed by atoms with Crippen molar-refractivity contribution in [2.75, 3.05) is 62.0 Å². The van der Waals surface area contributed by atoms with E-state index in [9.17, 15) is 4.79 Å². The van der Waals surface area contributed by atoms with Crippen molar-refractivity contribution in [1.29, 1.82) is 0 Å². The predicted molar refractivity (Wildman–Crippen MR) is 165 cm³/mol. The number of hydrogen-bond acceptors (Lipinski definition) is 12. The van der Waals surface area contributed by atoms with E-state index in [1.54, 1.807) is 18.3 Å². The van der Waals surface area contributed by atoms with Crippen molar-refractivity contribution in [2.45, 2.75) is 32.6 Å². The zero-order chi connectivity index (χ0) is 30.1. The summed E-state index contributed by atoms with van der Waals surface area (Å²) >= 11 is 0. The van der Waals surface area contributed by atoms with Gasteiger partial charge < -0.3 is 35.9 Å². The van der Waals surface area contributed by atoms with Gasteiger partial charge in [0.05, 0.1) is 38.1 Å². The second kappa shape index (κ2) is 17.6. The van der Waals surface area contributed by atoms with Crippen LogP contribution in [0.2, 0.25) is 0 Å². The van der Waals surface area contributed by atoms with Gasteiger partial charge in [-0.25, -0.2) is 5.48 Å². The molecule has 0 spiro atoms. The third-order valence-electron chi connectivity index (χ3n) is 6.31. The molecule has 2 aromatic heterocycles. The van der Waals surface area contributed by atoms with Gasteiger partial charge in [-0.05, 0) is 48.9 Å². The zero-order valence-corrected chi connectivity index (χ0v) is 24.4. The van der Waals surface area contributed by atoms with Crippen molar-refractivity contribution >= 4 is 46.0 Å². The topological polar surface area (TPSA) is 183 Å². The molecule has 4 rings (SSSR count). The molecule has 14 nitrogen and oxygen atoms in total. The van der Waals surface area contributed by atoms with Crippen LogP contribution in [-0.2, 0) is 9.47 Å². The smallest absolute Gasteiger partial charge is 0.251 e. The van der Waals surface area contributed by atoms with E-state index in [-0.39, 0.29) is 5.91 Å². The van der Waals surface area contributed by atoms with Crippen LogP contribution in [0.5, 0.6) is 0 Å². The SMILES string of the molecule is CCCCCCNC(=O)c1ccc(Nc2nc(NCCOCCOCCNO)nc(Nc3ccc4[nH]ncc4c3)n2)cc1. The Balaban J connectivity index is 1.37. The van der Waals surface area contributed by atoms with Crippen LogP contribution in [0.1, 0.15) is 43.0 Å². The van der Waals surface area contributed by atoms with E-state index in [2.05, 4.69) is 53.3 Å². The molecule has 14 heteroatoms. The molecule has 2 aromatic carbocycles. The first-order valence-corrected chi connectivity index (χ1v) is 14.5. The first-order valence-electron chi connectivity index (χ1n) is 14.5. The molecular formula is C29H40N10O4. The Bertz CT molecular complexity index is 1400. The summed E-state index contributed by atoms with van der Waals surface area (Å²) in [5, 5.41) is 29.1. The fourth-order valence-electron chi connectivity index (χ4n) is 4.08. The van der Waals surface area contributed by atoms with Gasteiger partial charge in [-0.2, -0.15) is 20.1 Å². The number of fused-ring (bicyclic) bond motifs is 1. The quantitative estimate of drug-likeness (QED) is 0.0580. The van der Waals surface area contributed by atoms with Gasteiger partial charge in [-0.15, -0.1) is 0 Å². The molecule has 0 fully saturated rings. The van der Waals surface area contributed by atoms with Crippen LogP contribution in [0.4, 0.5) is 29.2 Å². The molecule has 0 aliphatic heterocycles. The summed E-state index contributed by atoms with van der Waals surface area (Å²) in [6, 6.07) is 12.9. The monoisotopic (exact) mass is 592 g/mol. The molecule has 0 bridgehead atoms. The van der Waals surface area contributed by atoms with Crippen LogP contribution in [0.15, 0.2) is 48.7 Å². The van der Waals surface area contributed by atoms with Gasteiger partial charge in [-0.3, -0.25) is 9.89 Å². The highest BCUT2D eigenvalue weighted by molar-refractivity contribution is 5.94. The second-order valence-corrected chi connectivity index (χ2v) is 9.68.